The van der Waals surface area contributed by atoms with Crippen LogP contribution in [0.15, 0.2) is 164 Å². The maximum Gasteiger partial charge on any atom is 0.412 e. The first-order chi connectivity index (χ1) is 71.7. The topological polar surface area (TPSA) is 455 Å². The van der Waals surface area contributed by atoms with E-state index in [2.05, 4.69) is 4.98 Å². The van der Waals surface area contributed by atoms with E-state index in [1.165, 1.54) is 54.9 Å². The standard InChI is InChI=1S/C37H43N3O14.C36H49N3O13.C29H38N2O10/c1-3-45-30-9-5-7-11-32(30)49-22-28-20-39(13-15-47-28)36(43)53-24-51-34(41)26-17-27(19-38-18-26)35(42)52-25-54-37(44)40-14-16-48-29(21-40)23-50-33-12-8-6-10-31(33)46-4-2;1-4-44-29-12-6-8-14-31(29)47-23-27-11-10-16-38(19-27)35(42)51-25-49-33(40)21-37(3)22-34(41)50-26-52-36(43)39-17-18-46-28(20-39)24-48-32-15-9-7-13-30(32)45-5-2;1-3-34-24-9-5-7-11-26(24)38-19-22-17-30(13-15-36-22)28(32)40-21-41-29(33)31-14-16-37-23(18-31)20-39-27-12-8-6-10-25(27)35-4-2/h5-12,17-19,28-29H,3-4,13-16,20-25H2,1-2H3;6-9,12-15,27-28H,4-5,10-11,16-26H2,1-3H3;5-12,22-23H,3-4,13-21H2,1-2H3. The van der Waals surface area contributed by atoms with Crippen LogP contribution < -0.4 is 56.8 Å². The van der Waals surface area contributed by atoms with Gasteiger partial charge in [0.15, 0.2) is 69.0 Å². The number of esters is 4. The van der Waals surface area contributed by atoms with Crippen LogP contribution in [-0.2, 0) is 80.6 Å². The molecule has 0 bridgehead atoms. The van der Waals surface area contributed by atoms with Gasteiger partial charge in [-0.25, -0.2) is 38.4 Å². The lowest BCUT2D eigenvalue weighted by atomic mass is 9.99. The molecule has 800 valence electrons. The van der Waals surface area contributed by atoms with E-state index in [1.54, 1.807) is 35.2 Å². The third-order valence-corrected chi connectivity index (χ3v) is 22.2. The molecule has 0 saturated carbocycles. The van der Waals surface area contributed by atoms with Crippen molar-refractivity contribution in [2.75, 3.05) is 245 Å². The second-order valence-corrected chi connectivity index (χ2v) is 32.9. The molecule has 0 N–H and O–H groups in total. The minimum atomic E-state index is -0.898. The molecule has 6 saturated heterocycles. The number of carbonyl (C=O) groups excluding carboxylic acids is 10. The number of benzene rings is 6. The van der Waals surface area contributed by atoms with Crippen molar-refractivity contribution in [3.05, 3.63) is 175 Å². The summed E-state index contributed by atoms with van der Waals surface area (Å²) < 4.78 is 149. The molecule has 6 amide bonds. The van der Waals surface area contributed by atoms with Gasteiger partial charge in [-0.15, -0.1) is 0 Å². The Morgan fingerprint density at radius 1 is 0.286 bits per heavy atom. The number of para-hydroxylation sites is 12. The summed E-state index contributed by atoms with van der Waals surface area (Å²) in [5.41, 5.74) is -0.197. The van der Waals surface area contributed by atoms with E-state index in [4.69, 9.17) is 128 Å². The summed E-state index contributed by atoms with van der Waals surface area (Å²) in [6, 6.07) is 45.2. The van der Waals surface area contributed by atoms with Crippen molar-refractivity contribution < 1.29 is 176 Å². The molecule has 6 aliphatic heterocycles. The molecule has 6 aliphatic rings. The van der Waals surface area contributed by atoms with Gasteiger partial charge in [-0.2, -0.15) is 0 Å². The van der Waals surface area contributed by atoms with Crippen LogP contribution in [-0.4, -0.2) is 375 Å². The number of morpholine rings is 5. The van der Waals surface area contributed by atoms with E-state index in [0.29, 0.717) is 161 Å². The zero-order valence-electron chi connectivity index (χ0n) is 83.6. The van der Waals surface area contributed by atoms with Crippen molar-refractivity contribution in [2.45, 2.75) is 84.9 Å². The predicted octanol–water partition coefficient (Wildman–Crippen LogP) is 11.1. The predicted molar refractivity (Wildman–Crippen MR) is 517 cm³/mol. The number of amides is 6. The van der Waals surface area contributed by atoms with Crippen LogP contribution >= 0.6 is 0 Å². The number of pyridine rings is 1. The highest BCUT2D eigenvalue weighted by Gasteiger charge is 2.35. The van der Waals surface area contributed by atoms with Crippen LogP contribution in [0.1, 0.15) is 75.1 Å². The number of likely N-dealkylation sites (tertiary alicyclic amines) is 1. The van der Waals surface area contributed by atoms with Gasteiger partial charge < -0.3 is 157 Å². The number of nitrogens with zero attached hydrogens (tertiary/aromatic N) is 8. The number of hydrogen-bond acceptors (Lipinski definition) is 39. The molecule has 6 aromatic carbocycles. The summed E-state index contributed by atoms with van der Waals surface area (Å²) in [5, 5.41) is 0. The number of piperidine rings is 1. The van der Waals surface area contributed by atoms with Gasteiger partial charge in [0.2, 0.25) is 34.0 Å². The lowest BCUT2D eigenvalue weighted by Crippen LogP contribution is -2.49. The van der Waals surface area contributed by atoms with Crippen molar-refractivity contribution in [1.29, 1.82) is 0 Å². The lowest BCUT2D eigenvalue weighted by molar-refractivity contribution is -0.157. The Bertz CT molecular complexity index is 4950. The Kier molecular flexibility index (Phi) is 47.7. The van der Waals surface area contributed by atoms with Gasteiger partial charge in [0.05, 0.1) is 136 Å². The van der Waals surface area contributed by atoms with Crippen molar-refractivity contribution in [3.63, 3.8) is 0 Å². The van der Waals surface area contributed by atoms with Gasteiger partial charge in [0, 0.05) is 64.1 Å². The first-order valence-corrected chi connectivity index (χ1v) is 48.6. The molecule has 7 aromatic rings. The number of rotatable bonds is 46. The van der Waals surface area contributed by atoms with Gasteiger partial charge in [-0.1, -0.05) is 72.8 Å². The first kappa shape index (κ1) is 113. The van der Waals surface area contributed by atoms with E-state index in [-0.39, 0.29) is 141 Å². The molecule has 6 atom stereocenters. The third kappa shape index (κ3) is 38.4. The number of ether oxygens (including phenoxy) is 27. The molecule has 45 heteroatoms. The van der Waals surface area contributed by atoms with Gasteiger partial charge in [0.25, 0.3) is 0 Å². The molecule has 6 unspecified atom stereocenters. The van der Waals surface area contributed by atoms with E-state index in [0.717, 1.165) is 12.8 Å². The maximum atomic E-state index is 12.7. The highest BCUT2D eigenvalue weighted by molar-refractivity contribution is 5.95. The maximum absolute atomic E-state index is 12.7. The lowest BCUT2D eigenvalue weighted by Gasteiger charge is -2.33. The molecule has 0 radical (unpaired) electrons. The van der Waals surface area contributed by atoms with Crippen molar-refractivity contribution in [1.82, 2.24) is 39.3 Å². The Labute approximate surface area is 851 Å². The minimum absolute atomic E-state index is 0.0983. The molecule has 0 aliphatic carbocycles. The zero-order chi connectivity index (χ0) is 104. The van der Waals surface area contributed by atoms with E-state index < -0.39 is 113 Å². The quantitative estimate of drug-likeness (QED) is 0.0194. The van der Waals surface area contributed by atoms with Crippen LogP contribution in [0, 0.1) is 5.92 Å². The molecule has 45 nitrogen and oxygen atoms in total. The molecular formula is C102H130N8O37. The van der Waals surface area contributed by atoms with E-state index in [9.17, 15) is 47.9 Å². The molecule has 13 rings (SSSR count). The molecule has 1 aromatic heterocycles. The first-order valence-electron chi connectivity index (χ1n) is 48.6. The van der Waals surface area contributed by atoms with Crippen LogP contribution in [0.2, 0.25) is 0 Å². The molecule has 7 heterocycles. The summed E-state index contributed by atoms with van der Waals surface area (Å²) in [7, 11) is 1.51. The second-order valence-electron chi connectivity index (χ2n) is 32.9. The molecule has 0 spiro atoms. The zero-order valence-corrected chi connectivity index (χ0v) is 83.6. The smallest absolute Gasteiger partial charge is 0.412 e. The van der Waals surface area contributed by atoms with Gasteiger partial charge in [-0.3, -0.25) is 19.5 Å². The van der Waals surface area contributed by atoms with Crippen molar-refractivity contribution in [2.24, 2.45) is 5.92 Å². The monoisotopic (exact) mass is 2060 g/mol. The fourth-order valence-corrected chi connectivity index (χ4v) is 15.1. The van der Waals surface area contributed by atoms with Crippen LogP contribution in [0.3, 0.4) is 0 Å². The third-order valence-electron chi connectivity index (χ3n) is 22.2. The average molecular weight is 2060 g/mol. The fraction of sp³-hybridized carbons (Fsp3) is 0.500. The Balaban J connectivity index is 0.000000212. The van der Waals surface area contributed by atoms with Gasteiger partial charge in [-0.05, 0) is 140 Å². The van der Waals surface area contributed by atoms with Crippen molar-refractivity contribution >= 4 is 60.4 Å². The minimum Gasteiger partial charge on any atom is -0.490 e. The summed E-state index contributed by atoms with van der Waals surface area (Å²) in [5.74, 6) is 4.24. The van der Waals surface area contributed by atoms with Crippen LogP contribution in [0.4, 0.5) is 28.8 Å². The van der Waals surface area contributed by atoms with Crippen molar-refractivity contribution in [3.8, 4) is 69.0 Å². The summed E-state index contributed by atoms with van der Waals surface area (Å²) >= 11 is 0. The Morgan fingerprint density at radius 2 is 0.503 bits per heavy atom. The van der Waals surface area contributed by atoms with Crippen LogP contribution in [0.5, 0.6) is 69.0 Å². The largest absolute Gasteiger partial charge is 0.490 e. The van der Waals surface area contributed by atoms with E-state index in [1.807, 2.05) is 157 Å². The molecule has 6 fully saturated rings. The normalized spacial score (nSPS) is 17.5. The summed E-state index contributed by atoms with van der Waals surface area (Å²) in [6.45, 7) is 17.4. The number of likely N-dealkylation sites (N-methyl/N-ethyl adjacent to an activating group) is 1. The second kappa shape index (κ2) is 62.2. The highest BCUT2D eigenvalue weighted by atomic mass is 16.7. The summed E-state index contributed by atoms with van der Waals surface area (Å²) in [4.78, 5) is 140. The number of carbonyl (C=O) groups is 10. The molecule has 147 heavy (non-hydrogen) atoms. The fourth-order valence-electron chi connectivity index (χ4n) is 15.1. The Hall–Kier alpha value is -14.7. The average Bonchev–Trinajstić information content (AvgIpc) is 0.849. The van der Waals surface area contributed by atoms with Crippen LogP contribution in [0.25, 0.3) is 0 Å². The number of hydrogen-bond donors (Lipinski definition) is 0. The SMILES string of the molecule is CCOc1ccccc1OCC1CCCN(C(=O)OCOC(=O)CN(C)CC(=O)OCOC(=O)N2CCOC(COc3ccccc3OCC)C2)C1.CCOc1ccccc1OCC1CN(C(=O)OCOC(=O)N2CCOC(COc3ccccc3OCC)C2)CCO1.CCOc1ccccc1OCC1CN(C(=O)OCOC(=O)c2cncc(C(=O)OCOC(=O)N3CCOC(COc4ccccc4OCC)C3)c2)CCO1. The molecular weight excluding hydrogens is 1930 g/mol. The summed E-state index contributed by atoms with van der Waals surface area (Å²) in [6.07, 6.45) is -1.78. The highest BCUT2D eigenvalue weighted by Crippen LogP contribution is 2.34. The number of aromatic nitrogens is 1. The van der Waals surface area contributed by atoms with Gasteiger partial charge >= 0.3 is 60.4 Å². The Morgan fingerprint density at radius 3 is 0.748 bits per heavy atom. The van der Waals surface area contributed by atoms with Gasteiger partial charge in [0.1, 0.15) is 63.6 Å². The van der Waals surface area contributed by atoms with E-state index >= 15 is 0 Å².